The van der Waals surface area contributed by atoms with Crippen molar-refractivity contribution in [3.8, 4) is 5.75 Å². The molecule has 0 aliphatic heterocycles. The molecule has 114 valence electrons. The lowest BCUT2D eigenvalue weighted by molar-refractivity contribution is 0.110. The lowest BCUT2D eigenvalue weighted by Gasteiger charge is -2.31. The van der Waals surface area contributed by atoms with E-state index in [4.69, 9.17) is 4.74 Å². The van der Waals surface area contributed by atoms with Crippen LogP contribution in [-0.4, -0.2) is 29.9 Å². The minimum absolute atomic E-state index is 0.0534. The zero-order chi connectivity index (χ0) is 15.2. The van der Waals surface area contributed by atoms with E-state index in [0.29, 0.717) is 0 Å². The van der Waals surface area contributed by atoms with Crippen molar-refractivity contribution in [1.29, 1.82) is 0 Å². The molecule has 0 saturated heterocycles. The van der Waals surface area contributed by atoms with Crippen LogP contribution in [0.4, 0.5) is 0 Å². The van der Waals surface area contributed by atoms with E-state index in [2.05, 4.69) is 51.2 Å². The molecule has 2 unspecified atom stereocenters. The molecule has 1 rings (SSSR count). The van der Waals surface area contributed by atoms with Crippen molar-refractivity contribution in [2.24, 2.45) is 0 Å². The number of aliphatic hydroxyl groups excluding tert-OH is 1. The molecule has 2 N–H and O–H groups in total. The zero-order valence-corrected chi connectivity index (χ0v) is 13.5. The lowest BCUT2D eigenvalue weighted by atomic mass is 9.95. The molecule has 3 heteroatoms. The minimum atomic E-state index is -0.283. The quantitative estimate of drug-likeness (QED) is 0.768. The molecule has 1 aromatic carbocycles. The van der Waals surface area contributed by atoms with Gasteiger partial charge in [0, 0.05) is 12.0 Å². The van der Waals surface area contributed by atoms with E-state index in [1.54, 1.807) is 0 Å². The molecule has 2 atom stereocenters. The van der Waals surface area contributed by atoms with Gasteiger partial charge >= 0.3 is 0 Å². The standard InChI is InChI=1S/C17H29NO2/c1-6-7-18-17(5,12-19)11-15(4)20-16-9-13(2)8-14(3)10-16/h8-10,15,18-19H,6-7,11-12H2,1-5H3. The van der Waals surface area contributed by atoms with Gasteiger partial charge in [0.2, 0.25) is 0 Å². The van der Waals surface area contributed by atoms with E-state index in [-0.39, 0.29) is 18.2 Å². The maximum absolute atomic E-state index is 9.60. The number of aryl methyl sites for hydroxylation is 2. The van der Waals surface area contributed by atoms with Gasteiger partial charge < -0.3 is 15.2 Å². The summed E-state index contributed by atoms with van der Waals surface area (Å²) in [6.45, 7) is 11.4. The van der Waals surface area contributed by atoms with E-state index in [1.807, 2.05) is 6.92 Å². The molecule has 0 spiro atoms. The van der Waals surface area contributed by atoms with Crippen LogP contribution in [0.15, 0.2) is 18.2 Å². The van der Waals surface area contributed by atoms with Gasteiger partial charge in [0.15, 0.2) is 0 Å². The topological polar surface area (TPSA) is 41.5 Å². The average Bonchev–Trinajstić information content (AvgIpc) is 2.35. The van der Waals surface area contributed by atoms with Crippen molar-refractivity contribution in [1.82, 2.24) is 5.32 Å². The molecular weight excluding hydrogens is 250 g/mol. The monoisotopic (exact) mass is 279 g/mol. The Labute approximate surface area is 123 Å². The SMILES string of the molecule is CCCNC(C)(CO)CC(C)Oc1cc(C)cc(C)c1. The highest BCUT2D eigenvalue weighted by Gasteiger charge is 2.25. The van der Waals surface area contributed by atoms with Crippen molar-refractivity contribution in [3.05, 3.63) is 29.3 Å². The maximum Gasteiger partial charge on any atom is 0.120 e. The first-order chi connectivity index (χ1) is 9.38. The van der Waals surface area contributed by atoms with Crippen LogP contribution >= 0.6 is 0 Å². The Hall–Kier alpha value is -1.06. The number of hydrogen-bond acceptors (Lipinski definition) is 3. The first kappa shape index (κ1) is 17.0. The number of nitrogens with one attached hydrogen (secondary N) is 1. The first-order valence-corrected chi connectivity index (χ1v) is 7.49. The molecule has 1 aromatic rings. The summed E-state index contributed by atoms with van der Waals surface area (Å²) in [5.74, 6) is 0.908. The summed E-state index contributed by atoms with van der Waals surface area (Å²) in [7, 11) is 0. The van der Waals surface area contributed by atoms with Crippen LogP contribution in [0.25, 0.3) is 0 Å². The predicted octanol–water partition coefficient (Wildman–Crippen LogP) is 3.21. The molecule has 0 fully saturated rings. The number of ether oxygens (including phenoxy) is 1. The van der Waals surface area contributed by atoms with Crippen LogP contribution in [0, 0.1) is 13.8 Å². The van der Waals surface area contributed by atoms with Crippen LogP contribution in [0.2, 0.25) is 0 Å². The summed E-state index contributed by atoms with van der Waals surface area (Å²) in [5, 5.41) is 13.0. The Morgan fingerprint density at radius 2 is 1.85 bits per heavy atom. The molecule has 0 saturated carbocycles. The molecule has 0 radical (unpaired) electrons. The highest BCUT2D eigenvalue weighted by molar-refractivity contribution is 5.33. The highest BCUT2D eigenvalue weighted by atomic mass is 16.5. The van der Waals surface area contributed by atoms with E-state index in [0.717, 1.165) is 25.1 Å². The summed E-state index contributed by atoms with van der Waals surface area (Å²) in [5.41, 5.74) is 2.14. The summed E-state index contributed by atoms with van der Waals surface area (Å²) in [4.78, 5) is 0. The second kappa shape index (κ2) is 7.65. The molecule has 0 heterocycles. The van der Waals surface area contributed by atoms with Crippen molar-refractivity contribution in [3.63, 3.8) is 0 Å². The van der Waals surface area contributed by atoms with Gasteiger partial charge in [-0.25, -0.2) is 0 Å². The van der Waals surface area contributed by atoms with Crippen molar-refractivity contribution < 1.29 is 9.84 Å². The molecule has 0 bridgehead atoms. The molecule has 3 nitrogen and oxygen atoms in total. The Morgan fingerprint density at radius 3 is 2.35 bits per heavy atom. The molecular formula is C17H29NO2. The predicted molar refractivity (Wildman–Crippen MR) is 84.4 cm³/mol. The van der Waals surface area contributed by atoms with Gasteiger partial charge in [-0.3, -0.25) is 0 Å². The largest absolute Gasteiger partial charge is 0.491 e. The molecule has 20 heavy (non-hydrogen) atoms. The first-order valence-electron chi connectivity index (χ1n) is 7.49. The van der Waals surface area contributed by atoms with Crippen molar-refractivity contribution in [2.45, 2.75) is 59.1 Å². The molecule has 0 aliphatic rings. The van der Waals surface area contributed by atoms with Gasteiger partial charge in [0.1, 0.15) is 5.75 Å². The van der Waals surface area contributed by atoms with E-state index in [1.165, 1.54) is 11.1 Å². The maximum atomic E-state index is 9.60. The third-order valence-electron chi connectivity index (χ3n) is 3.42. The van der Waals surface area contributed by atoms with Crippen molar-refractivity contribution >= 4 is 0 Å². The van der Waals surface area contributed by atoms with Gasteiger partial charge in [0.25, 0.3) is 0 Å². The van der Waals surface area contributed by atoms with Gasteiger partial charge in [-0.2, -0.15) is 0 Å². The zero-order valence-electron chi connectivity index (χ0n) is 13.5. The highest BCUT2D eigenvalue weighted by Crippen LogP contribution is 2.21. The van der Waals surface area contributed by atoms with Gasteiger partial charge in [0.05, 0.1) is 12.7 Å². The van der Waals surface area contributed by atoms with E-state index >= 15 is 0 Å². The van der Waals surface area contributed by atoms with Gasteiger partial charge in [-0.05, 0) is 63.9 Å². The van der Waals surface area contributed by atoms with Gasteiger partial charge in [-0.15, -0.1) is 0 Å². The Balaban J connectivity index is 2.63. The summed E-state index contributed by atoms with van der Waals surface area (Å²) >= 11 is 0. The normalized spacial score (nSPS) is 15.7. The van der Waals surface area contributed by atoms with Crippen LogP contribution in [-0.2, 0) is 0 Å². The fourth-order valence-electron chi connectivity index (χ4n) is 2.53. The average molecular weight is 279 g/mol. The second-order valence-corrected chi connectivity index (χ2v) is 6.10. The molecule has 0 aliphatic carbocycles. The van der Waals surface area contributed by atoms with Gasteiger partial charge in [-0.1, -0.05) is 13.0 Å². The number of aliphatic hydroxyl groups is 1. The van der Waals surface area contributed by atoms with Crippen LogP contribution in [0.1, 0.15) is 44.7 Å². The van der Waals surface area contributed by atoms with Crippen LogP contribution < -0.4 is 10.1 Å². The van der Waals surface area contributed by atoms with E-state index < -0.39 is 0 Å². The molecule has 0 aromatic heterocycles. The Bertz CT molecular complexity index is 399. The summed E-state index contributed by atoms with van der Waals surface area (Å²) < 4.78 is 6.00. The van der Waals surface area contributed by atoms with Crippen LogP contribution in [0.5, 0.6) is 5.75 Å². The molecule has 0 amide bonds. The summed E-state index contributed by atoms with van der Waals surface area (Å²) in [6, 6.07) is 6.25. The van der Waals surface area contributed by atoms with Crippen molar-refractivity contribution in [2.75, 3.05) is 13.2 Å². The number of hydrogen-bond donors (Lipinski definition) is 2. The number of rotatable bonds is 8. The third kappa shape index (κ3) is 5.51. The minimum Gasteiger partial charge on any atom is -0.491 e. The Morgan fingerprint density at radius 1 is 1.25 bits per heavy atom. The lowest BCUT2D eigenvalue weighted by Crippen LogP contribution is -2.48. The fourth-order valence-corrected chi connectivity index (χ4v) is 2.53. The third-order valence-corrected chi connectivity index (χ3v) is 3.42. The van der Waals surface area contributed by atoms with E-state index in [9.17, 15) is 5.11 Å². The summed E-state index contributed by atoms with van der Waals surface area (Å²) in [6.07, 6.45) is 1.89. The number of benzene rings is 1. The second-order valence-electron chi connectivity index (χ2n) is 6.10. The van der Waals surface area contributed by atoms with Crippen LogP contribution in [0.3, 0.4) is 0 Å². The smallest absolute Gasteiger partial charge is 0.120 e. The Kier molecular flexibility index (Phi) is 6.50. The fraction of sp³-hybridized carbons (Fsp3) is 0.647.